The molecule has 5 saturated heterocycles. The van der Waals surface area contributed by atoms with Crippen molar-refractivity contribution in [2.24, 2.45) is 57.7 Å². The Morgan fingerprint density at radius 1 is 0.935 bits per heavy atom. The van der Waals surface area contributed by atoms with Crippen molar-refractivity contribution in [1.82, 2.24) is 10.6 Å². The Kier molecular flexibility index (Phi) is 10.0. The fourth-order valence-electron chi connectivity index (χ4n) is 16.5. The molecule has 0 radical (unpaired) electrons. The highest BCUT2D eigenvalue weighted by molar-refractivity contribution is 5.92. The molecule has 12 heteroatoms. The lowest BCUT2D eigenvalue weighted by Gasteiger charge is -2.70. The van der Waals surface area contributed by atoms with E-state index in [9.17, 15) is 19.8 Å². The maximum absolute atomic E-state index is 15.5. The summed E-state index contributed by atoms with van der Waals surface area (Å²) in [6, 6.07) is 13.0. The number of ether oxygens (including phenoxy) is 4. The van der Waals surface area contributed by atoms with Crippen molar-refractivity contribution in [1.29, 1.82) is 0 Å². The van der Waals surface area contributed by atoms with Gasteiger partial charge in [0, 0.05) is 54.1 Å². The fourth-order valence-corrected chi connectivity index (χ4v) is 16.5. The van der Waals surface area contributed by atoms with Gasteiger partial charge in [0.15, 0.2) is 11.9 Å². The van der Waals surface area contributed by atoms with Gasteiger partial charge in [0.25, 0.3) is 0 Å². The molecular formula is C50H66N2O10. The number of cyclic esters (lactones) is 2. The predicted octanol–water partition coefficient (Wildman–Crippen LogP) is 5.61. The van der Waals surface area contributed by atoms with Gasteiger partial charge in [-0.25, -0.2) is 4.79 Å². The first-order valence-electron chi connectivity index (χ1n) is 24.0. The summed E-state index contributed by atoms with van der Waals surface area (Å²) in [6.45, 7) is 7.93. The second kappa shape index (κ2) is 15.0. The van der Waals surface area contributed by atoms with Crippen LogP contribution in [0.15, 0.2) is 47.1 Å². The van der Waals surface area contributed by atoms with E-state index in [1.165, 1.54) is 5.56 Å². The fraction of sp³-hybridized carbons (Fsp3) is 0.740. The second-order valence-electron chi connectivity index (χ2n) is 21.9. The number of rotatable bonds is 9. The van der Waals surface area contributed by atoms with Crippen LogP contribution in [0.25, 0.3) is 0 Å². The molecular weight excluding hydrogens is 789 g/mol. The number of hydrogen-bond acceptors (Lipinski definition) is 12. The van der Waals surface area contributed by atoms with E-state index in [2.05, 4.69) is 41.8 Å². The molecule has 62 heavy (non-hydrogen) atoms. The number of epoxide rings is 1. The van der Waals surface area contributed by atoms with Gasteiger partial charge in [0.1, 0.15) is 30.2 Å². The van der Waals surface area contributed by atoms with Crippen molar-refractivity contribution in [2.75, 3.05) is 26.4 Å². The zero-order valence-electron chi connectivity index (χ0n) is 36.7. The number of carbonyl (C=O) groups is 3. The number of nitrogens with one attached hydrogen (secondary N) is 2. The number of Topliss-reactive ketones (excluding diaryl/α,β-unsaturated/α-hetero) is 1. The maximum Gasteiger partial charge on any atom is 0.339 e. The number of furan rings is 1. The Morgan fingerprint density at radius 2 is 1.74 bits per heavy atom. The summed E-state index contributed by atoms with van der Waals surface area (Å²) >= 11 is 0. The monoisotopic (exact) mass is 854 g/mol. The third-order valence-corrected chi connectivity index (χ3v) is 18.9. The van der Waals surface area contributed by atoms with Crippen LogP contribution in [-0.4, -0.2) is 89.9 Å². The summed E-state index contributed by atoms with van der Waals surface area (Å²) in [5, 5.41) is 31.3. The Balaban J connectivity index is 0.991. The van der Waals surface area contributed by atoms with Crippen LogP contribution in [0.4, 0.5) is 0 Å². The third kappa shape index (κ3) is 5.74. The van der Waals surface area contributed by atoms with E-state index in [1.54, 1.807) is 6.26 Å². The lowest BCUT2D eigenvalue weighted by Crippen LogP contribution is -2.79. The van der Waals surface area contributed by atoms with Crippen molar-refractivity contribution in [3.8, 4) is 0 Å². The highest BCUT2D eigenvalue weighted by Gasteiger charge is 2.93. The predicted molar refractivity (Wildman–Crippen MR) is 225 cm³/mol. The number of ketones is 1. The summed E-state index contributed by atoms with van der Waals surface area (Å²) in [5.74, 6) is -0.360. The normalized spacial score (nSPS) is 46.0. The highest BCUT2D eigenvalue weighted by Crippen LogP contribution is 2.82. The van der Waals surface area contributed by atoms with Gasteiger partial charge >= 0.3 is 11.9 Å². The van der Waals surface area contributed by atoms with Gasteiger partial charge in [-0.2, -0.15) is 0 Å². The van der Waals surface area contributed by atoms with Crippen LogP contribution in [0, 0.1) is 57.7 Å². The molecule has 5 aliphatic heterocycles. The molecule has 9 aliphatic rings. The van der Waals surface area contributed by atoms with Crippen molar-refractivity contribution in [3.05, 3.63) is 59.5 Å². The largest absolute Gasteiger partial charge is 0.469 e. The molecule has 9 fully saturated rings. The van der Waals surface area contributed by atoms with E-state index in [0.717, 1.165) is 76.6 Å². The Bertz CT molecular complexity index is 2060. The van der Waals surface area contributed by atoms with E-state index in [4.69, 9.17) is 23.4 Å². The number of carbonyl (C=O) groups excluding carboxylic acids is 3. The third-order valence-electron chi connectivity index (χ3n) is 18.9. The number of aliphatic hydroxyl groups excluding tert-OH is 2. The highest BCUT2D eigenvalue weighted by atomic mass is 16.7. The molecule has 14 atom stereocenters. The quantitative estimate of drug-likeness (QED) is 0.182. The topological polar surface area (TPSA) is 169 Å². The summed E-state index contributed by atoms with van der Waals surface area (Å²) in [6.07, 6.45) is 8.38. The molecule has 4 aliphatic carbocycles. The van der Waals surface area contributed by atoms with Gasteiger partial charge in [0.05, 0.1) is 30.3 Å². The maximum atomic E-state index is 15.5. The molecule has 0 bridgehead atoms. The van der Waals surface area contributed by atoms with E-state index < -0.39 is 63.8 Å². The molecule has 11 rings (SSSR count). The first kappa shape index (κ1) is 41.6. The minimum absolute atomic E-state index is 0.0159. The number of esters is 2. The lowest BCUT2D eigenvalue weighted by molar-refractivity contribution is -0.276. The van der Waals surface area contributed by atoms with Crippen LogP contribution in [-0.2, 0) is 46.2 Å². The zero-order valence-corrected chi connectivity index (χ0v) is 36.7. The average molecular weight is 855 g/mol. The van der Waals surface area contributed by atoms with E-state index in [-0.39, 0.29) is 49.1 Å². The molecule has 12 nitrogen and oxygen atoms in total. The van der Waals surface area contributed by atoms with Gasteiger partial charge in [-0.1, -0.05) is 50.1 Å². The molecule has 2 spiro atoms. The lowest BCUT2D eigenvalue weighted by atomic mass is 9.32. The summed E-state index contributed by atoms with van der Waals surface area (Å²) in [5.41, 5.74) is -3.11. The zero-order chi connectivity index (χ0) is 42.8. The van der Waals surface area contributed by atoms with Crippen LogP contribution in [0.2, 0.25) is 0 Å². The molecule has 4 N–H and O–H groups in total. The Hall–Kier alpha value is -3.13. The molecule has 1 aromatic heterocycles. The summed E-state index contributed by atoms with van der Waals surface area (Å²) in [7, 11) is 0. The van der Waals surface area contributed by atoms with Crippen LogP contribution in [0.3, 0.4) is 0 Å². The van der Waals surface area contributed by atoms with Crippen LogP contribution in [0.5, 0.6) is 0 Å². The summed E-state index contributed by atoms with van der Waals surface area (Å²) < 4.78 is 32.8. The number of hydrogen-bond donors (Lipinski definition) is 4. The smallest absolute Gasteiger partial charge is 0.339 e. The minimum Gasteiger partial charge on any atom is -0.469 e. The minimum atomic E-state index is -1.44. The van der Waals surface area contributed by atoms with Gasteiger partial charge in [-0.15, -0.1) is 0 Å². The van der Waals surface area contributed by atoms with Crippen molar-refractivity contribution in [2.45, 2.75) is 146 Å². The molecule has 2 aromatic rings. The van der Waals surface area contributed by atoms with Gasteiger partial charge in [0.2, 0.25) is 0 Å². The van der Waals surface area contributed by atoms with Gasteiger partial charge < -0.3 is 44.2 Å². The summed E-state index contributed by atoms with van der Waals surface area (Å²) in [4.78, 5) is 43.3. The Labute approximate surface area is 364 Å². The van der Waals surface area contributed by atoms with E-state index >= 15 is 4.79 Å². The van der Waals surface area contributed by atoms with Gasteiger partial charge in [-0.3, -0.25) is 9.59 Å². The Morgan fingerprint density at radius 3 is 2.50 bits per heavy atom. The van der Waals surface area contributed by atoms with Crippen molar-refractivity contribution >= 4 is 17.7 Å². The number of fused-ring (bicyclic) bond motifs is 1. The second-order valence-corrected chi connectivity index (χ2v) is 21.9. The standard InChI is InChI=1S/C50H66N2O10/c1-46(2)41-40(55)42(56)49(33-11-7-10-29(21-33)20-28-8-5-4-6-9-28)37(48(41)26-59-39(54)23-38(48)61-46)16-18-47(3)43(60-45(57)44-50(47,49)62-44)34-17-19-58-36(34)22-32(25-53)30-12-14-31(15-13-30)35-24-51-27-52-35/h4-6,8-9,17,19,29-33,35,37-38,41-44,51-53,56H,7,10-16,18,20-27H2,1-3H3/t29-,30?,31?,32-,33+,35-,37-,38+,41-,42-,43+,44-,47+,48+,49+,50-/m1/s1. The van der Waals surface area contributed by atoms with E-state index in [1.807, 2.05) is 26.0 Å². The molecule has 0 amide bonds. The SMILES string of the molecule is CC1(C)O[C@H]2CC(=O)OC[C@@]23[C@@H]1C(=O)[C@@H](O)[C@]1([C@H]2CCC[C@H](Cc4ccccc4)C2)[C@@H]3CC[C@@]2(C)[C@H](c3ccoc3C[C@H](CO)C3CCC([C@H]4CNCN4)CC3)OC(=O)[C@H]3O[C@@]312. The first-order chi connectivity index (χ1) is 29.9. The van der Waals surface area contributed by atoms with Gasteiger partial charge in [-0.05, 0) is 119 Å². The molecule has 4 saturated carbocycles. The van der Waals surface area contributed by atoms with Crippen molar-refractivity contribution < 1.29 is 48.0 Å². The average Bonchev–Trinajstić information content (AvgIpc) is 3.51. The molecule has 0 unspecified atom stereocenters. The van der Waals surface area contributed by atoms with Crippen LogP contribution < -0.4 is 10.6 Å². The van der Waals surface area contributed by atoms with Crippen LogP contribution >= 0.6 is 0 Å². The molecule has 1 aromatic carbocycles. The molecule has 6 heterocycles. The van der Waals surface area contributed by atoms with E-state index in [0.29, 0.717) is 48.8 Å². The number of aliphatic hydroxyl groups is 2. The first-order valence-corrected chi connectivity index (χ1v) is 24.0. The molecule has 336 valence electrons. The number of benzene rings is 1. The van der Waals surface area contributed by atoms with Crippen molar-refractivity contribution in [3.63, 3.8) is 0 Å². The van der Waals surface area contributed by atoms with Crippen LogP contribution in [0.1, 0.15) is 114 Å².